The molecular formula is C21H25N3O2. The number of hydrogen-bond donors (Lipinski definition) is 1. The number of amides is 1. The fourth-order valence-electron chi connectivity index (χ4n) is 3.05. The van der Waals surface area contributed by atoms with Gasteiger partial charge in [-0.2, -0.15) is 0 Å². The summed E-state index contributed by atoms with van der Waals surface area (Å²) in [5, 5.41) is 7.93. The van der Waals surface area contributed by atoms with E-state index in [0.29, 0.717) is 17.8 Å². The minimum atomic E-state index is -0.0540. The Hall–Kier alpha value is -2.66. The Morgan fingerprint density at radius 1 is 1.04 bits per heavy atom. The molecule has 3 aromatic rings. The lowest BCUT2D eigenvalue weighted by molar-refractivity contribution is -0.120. The summed E-state index contributed by atoms with van der Waals surface area (Å²) in [7, 11) is 0. The largest absolute Gasteiger partial charge is 0.356 e. The summed E-state index contributed by atoms with van der Waals surface area (Å²) in [4.78, 5) is 14.7. The van der Waals surface area contributed by atoms with Crippen molar-refractivity contribution in [1.29, 1.82) is 0 Å². The van der Waals surface area contributed by atoms with Crippen molar-refractivity contribution in [3.63, 3.8) is 0 Å². The number of fused-ring (bicyclic) bond motifs is 1. The van der Waals surface area contributed by atoms with E-state index in [9.17, 15) is 4.79 Å². The van der Waals surface area contributed by atoms with Crippen molar-refractivity contribution in [3.05, 3.63) is 65.4 Å². The molecule has 0 radical (unpaired) electrons. The second-order valence-electron chi connectivity index (χ2n) is 6.31. The van der Waals surface area contributed by atoms with Crippen LogP contribution in [0, 0.1) is 0 Å². The van der Waals surface area contributed by atoms with Gasteiger partial charge in [-0.1, -0.05) is 55.4 Å². The molecule has 0 aliphatic rings. The Bertz CT molecular complexity index is 868. The standard InChI is InChI=1S/C21H25N3O2/c1-3-24(4-2)15-17-10-6-5-9-16(17)14-22-21(25)13-19-18-11-7-8-12-20(18)26-23-19/h5-12H,3-4,13-15H2,1-2H3,(H,22,25). The second-order valence-corrected chi connectivity index (χ2v) is 6.31. The molecular weight excluding hydrogens is 326 g/mol. The number of aromatic nitrogens is 1. The fourth-order valence-corrected chi connectivity index (χ4v) is 3.05. The van der Waals surface area contributed by atoms with E-state index in [1.165, 1.54) is 5.56 Å². The van der Waals surface area contributed by atoms with E-state index in [4.69, 9.17) is 4.52 Å². The molecule has 1 heterocycles. The first kappa shape index (κ1) is 18.1. The second kappa shape index (κ2) is 8.63. The Kier molecular flexibility index (Phi) is 6.02. The molecule has 1 amide bonds. The highest BCUT2D eigenvalue weighted by Gasteiger charge is 2.13. The van der Waals surface area contributed by atoms with E-state index in [1.807, 2.05) is 36.4 Å². The monoisotopic (exact) mass is 351 g/mol. The summed E-state index contributed by atoms with van der Waals surface area (Å²) in [6, 6.07) is 15.9. The SMILES string of the molecule is CCN(CC)Cc1ccccc1CNC(=O)Cc1noc2ccccc12. The van der Waals surface area contributed by atoms with Gasteiger partial charge in [0.25, 0.3) is 0 Å². The smallest absolute Gasteiger partial charge is 0.226 e. The van der Waals surface area contributed by atoms with Crippen LogP contribution >= 0.6 is 0 Å². The first-order valence-electron chi connectivity index (χ1n) is 9.10. The summed E-state index contributed by atoms with van der Waals surface area (Å²) in [6.07, 6.45) is 0.217. The third-order valence-corrected chi connectivity index (χ3v) is 4.66. The van der Waals surface area contributed by atoms with Crippen LogP contribution in [0.1, 0.15) is 30.7 Å². The minimum Gasteiger partial charge on any atom is -0.356 e. The van der Waals surface area contributed by atoms with Gasteiger partial charge >= 0.3 is 0 Å². The molecule has 0 bridgehead atoms. The number of para-hydroxylation sites is 1. The van der Waals surface area contributed by atoms with E-state index < -0.39 is 0 Å². The zero-order chi connectivity index (χ0) is 18.4. The predicted molar refractivity (Wildman–Crippen MR) is 103 cm³/mol. The Balaban J connectivity index is 1.63. The van der Waals surface area contributed by atoms with Gasteiger partial charge in [-0.15, -0.1) is 0 Å². The average molecular weight is 351 g/mol. The molecule has 1 N–H and O–H groups in total. The Morgan fingerprint density at radius 2 is 1.73 bits per heavy atom. The highest BCUT2D eigenvalue weighted by Crippen LogP contribution is 2.18. The maximum absolute atomic E-state index is 12.4. The molecule has 0 saturated carbocycles. The first-order chi connectivity index (χ1) is 12.7. The molecule has 0 aliphatic heterocycles. The van der Waals surface area contributed by atoms with E-state index in [2.05, 4.69) is 41.4 Å². The molecule has 2 aromatic carbocycles. The molecule has 0 saturated heterocycles. The van der Waals surface area contributed by atoms with Crippen LogP contribution in [-0.2, 0) is 24.3 Å². The van der Waals surface area contributed by atoms with Gasteiger partial charge in [-0.05, 0) is 36.3 Å². The van der Waals surface area contributed by atoms with Crippen molar-refractivity contribution in [2.45, 2.75) is 33.4 Å². The van der Waals surface area contributed by atoms with E-state index in [1.54, 1.807) is 0 Å². The van der Waals surface area contributed by atoms with Crippen LogP contribution in [0.5, 0.6) is 0 Å². The summed E-state index contributed by atoms with van der Waals surface area (Å²) in [6.45, 7) is 7.76. The van der Waals surface area contributed by atoms with Crippen LogP contribution in [0.2, 0.25) is 0 Å². The average Bonchev–Trinajstić information content (AvgIpc) is 3.08. The number of nitrogens with one attached hydrogen (secondary N) is 1. The van der Waals surface area contributed by atoms with Crippen molar-refractivity contribution < 1.29 is 9.32 Å². The Labute approximate surface area is 154 Å². The van der Waals surface area contributed by atoms with Crippen molar-refractivity contribution >= 4 is 16.9 Å². The summed E-state index contributed by atoms with van der Waals surface area (Å²) in [5.74, 6) is -0.0540. The third-order valence-electron chi connectivity index (χ3n) is 4.66. The van der Waals surface area contributed by atoms with Crippen LogP contribution in [0.3, 0.4) is 0 Å². The van der Waals surface area contributed by atoms with Crippen LogP contribution in [-0.4, -0.2) is 29.1 Å². The maximum atomic E-state index is 12.4. The van der Waals surface area contributed by atoms with E-state index >= 15 is 0 Å². The van der Waals surface area contributed by atoms with Crippen LogP contribution in [0.4, 0.5) is 0 Å². The molecule has 1 aromatic heterocycles. The van der Waals surface area contributed by atoms with Crippen molar-refractivity contribution in [2.75, 3.05) is 13.1 Å². The number of benzene rings is 2. The number of hydrogen-bond acceptors (Lipinski definition) is 4. The van der Waals surface area contributed by atoms with Crippen molar-refractivity contribution in [1.82, 2.24) is 15.4 Å². The van der Waals surface area contributed by atoms with Gasteiger partial charge in [-0.25, -0.2) is 0 Å². The topological polar surface area (TPSA) is 58.4 Å². The van der Waals surface area contributed by atoms with Crippen LogP contribution in [0.15, 0.2) is 53.1 Å². The van der Waals surface area contributed by atoms with Crippen LogP contribution in [0.25, 0.3) is 11.0 Å². The Morgan fingerprint density at radius 3 is 2.50 bits per heavy atom. The predicted octanol–water partition coefficient (Wildman–Crippen LogP) is 3.53. The zero-order valence-corrected chi connectivity index (χ0v) is 15.4. The molecule has 0 aliphatic carbocycles. The van der Waals surface area contributed by atoms with E-state index in [-0.39, 0.29) is 12.3 Å². The van der Waals surface area contributed by atoms with Crippen molar-refractivity contribution in [2.24, 2.45) is 0 Å². The number of nitrogens with zero attached hydrogens (tertiary/aromatic N) is 2. The third kappa shape index (κ3) is 4.29. The lowest BCUT2D eigenvalue weighted by Crippen LogP contribution is -2.27. The zero-order valence-electron chi connectivity index (χ0n) is 15.4. The highest BCUT2D eigenvalue weighted by atomic mass is 16.5. The van der Waals surface area contributed by atoms with Crippen LogP contribution < -0.4 is 5.32 Å². The first-order valence-corrected chi connectivity index (χ1v) is 9.10. The number of carbonyl (C=O) groups is 1. The lowest BCUT2D eigenvalue weighted by atomic mass is 10.1. The summed E-state index contributed by atoms with van der Waals surface area (Å²) in [5.41, 5.74) is 3.79. The minimum absolute atomic E-state index is 0.0540. The van der Waals surface area contributed by atoms with Gasteiger partial charge in [0, 0.05) is 18.5 Å². The quantitative estimate of drug-likeness (QED) is 0.674. The van der Waals surface area contributed by atoms with Gasteiger partial charge in [-0.3, -0.25) is 9.69 Å². The van der Waals surface area contributed by atoms with Gasteiger partial charge in [0.15, 0.2) is 5.58 Å². The molecule has 136 valence electrons. The molecule has 26 heavy (non-hydrogen) atoms. The molecule has 0 fully saturated rings. The highest BCUT2D eigenvalue weighted by molar-refractivity contribution is 5.86. The molecule has 3 rings (SSSR count). The maximum Gasteiger partial charge on any atom is 0.226 e. The molecule has 5 heteroatoms. The van der Waals surface area contributed by atoms with E-state index in [0.717, 1.165) is 30.6 Å². The summed E-state index contributed by atoms with van der Waals surface area (Å²) < 4.78 is 5.26. The molecule has 0 spiro atoms. The number of rotatable bonds is 8. The van der Waals surface area contributed by atoms with Gasteiger partial charge in [0.1, 0.15) is 5.69 Å². The molecule has 5 nitrogen and oxygen atoms in total. The normalized spacial score (nSPS) is 11.2. The van der Waals surface area contributed by atoms with Crippen molar-refractivity contribution in [3.8, 4) is 0 Å². The molecule has 0 atom stereocenters. The van der Waals surface area contributed by atoms with Gasteiger partial charge in [0.05, 0.1) is 6.42 Å². The van der Waals surface area contributed by atoms with Gasteiger partial charge < -0.3 is 9.84 Å². The molecule has 0 unspecified atom stereocenters. The lowest BCUT2D eigenvalue weighted by Gasteiger charge is -2.20. The number of carbonyl (C=O) groups excluding carboxylic acids is 1. The van der Waals surface area contributed by atoms with Gasteiger partial charge in [0.2, 0.25) is 5.91 Å². The summed E-state index contributed by atoms with van der Waals surface area (Å²) >= 11 is 0. The fraction of sp³-hybridized carbons (Fsp3) is 0.333.